The summed E-state index contributed by atoms with van der Waals surface area (Å²) in [5.41, 5.74) is 2.53. The molecule has 0 atom stereocenters. The maximum atomic E-state index is 12.6. The highest BCUT2D eigenvalue weighted by atomic mass is 32.2. The highest BCUT2D eigenvalue weighted by Gasteiger charge is 2.16. The van der Waals surface area contributed by atoms with Gasteiger partial charge in [-0.1, -0.05) is 6.07 Å². The first kappa shape index (κ1) is 22.9. The molecule has 1 amide bonds. The van der Waals surface area contributed by atoms with Crippen LogP contribution in [0.2, 0.25) is 0 Å². The molecule has 0 unspecified atom stereocenters. The van der Waals surface area contributed by atoms with Crippen molar-refractivity contribution in [3.05, 3.63) is 76.2 Å². The van der Waals surface area contributed by atoms with E-state index >= 15 is 0 Å². The average Bonchev–Trinajstić information content (AvgIpc) is 3.18. The number of aryl methyl sites for hydroxylation is 2. The highest BCUT2D eigenvalue weighted by Crippen LogP contribution is 2.21. The van der Waals surface area contributed by atoms with Crippen LogP contribution in [-0.2, 0) is 26.6 Å². The van der Waals surface area contributed by atoms with E-state index in [2.05, 4.69) is 10.0 Å². The second kappa shape index (κ2) is 8.79. The Morgan fingerprint density at radius 3 is 2.19 bits per heavy atom. The highest BCUT2D eigenvalue weighted by molar-refractivity contribution is 7.92. The number of amides is 1. The Balaban J connectivity index is 1.64. The summed E-state index contributed by atoms with van der Waals surface area (Å²) >= 11 is 0.981. The maximum absolute atomic E-state index is 12.6. The van der Waals surface area contributed by atoms with E-state index in [9.17, 15) is 21.6 Å². The van der Waals surface area contributed by atoms with Crippen LogP contribution in [0.4, 0.5) is 5.69 Å². The number of nitrogens with one attached hydrogen (secondary N) is 2. The molecular weight excluding hydrogens is 458 g/mol. The fourth-order valence-electron chi connectivity index (χ4n) is 2.66. The standard InChI is InChI=1S/C20H21N3O5S3/c1-13-3-9-18(11-14(13)2)31(27,28)23-16-6-4-15(5-7-16)20(24)22-12-17-8-10-19(29-17)30(21,25)26/h3-11,23H,12H2,1-2H3,(H,22,24)(H2,21,25,26). The van der Waals surface area contributed by atoms with Gasteiger partial charge >= 0.3 is 0 Å². The van der Waals surface area contributed by atoms with Crippen molar-refractivity contribution in [1.82, 2.24) is 5.32 Å². The number of benzene rings is 2. The second-order valence-corrected chi connectivity index (χ2v) is 11.5. The smallest absolute Gasteiger partial charge is 0.261 e. The summed E-state index contributed by atoms with van der Waals surface area (Å²) < 4.78 is 50.3. The Morgan fingerprint density at radius 1 is 0.935 bits per heavy atom. The van der Waals surface area contributed by atoms with Crippen molar-refractivity contribution >= 4 is 43.0 Å². The summed E-state index contributed by atoms with van der Waals surface area (Å²) in [6, 6.07) is 13.8. The SMILES string of the molecule is Cc1ccc(S(=O)(=O)Nc2ccc(C(=O)NCc3ccc(S(N)(=O)=O)s3)cc2)cc1C. The zero-order valence-corrected chi connectivity index (χ0v) is 19.2. The molecule has 0 aliphatic rings. The van der Waals surface area contributed by atoms with Gasteiger partial charge in [0, 0.05) is 16.1 Å². The molecule has 2 aromatic carbocycles. The number of hydrogen-bond donors (Lipinski definition) is 3. The van der Waals surface area contributed by atoms with E-state index in [1.54, 1.807) is 24.3 Å². The van der Waals surface area contributed by atoms with Crippen molar-refractivity contribution < 1.29 is 21.6 Å². The van der Waals surface area contributed by atoms with Crippen molar-refractivity contribution in [3.63, 3.8) is 0 Å². The van der Waals surface area contributed by atoms with Crippen molar-refractivity contribution in [1.29, 1.82) is 0 Å². The van der Waals surface area contributed by atoms with Crippen LogP contribution in [0.5, 0.6) is 0 Å². The minimum Gasteiger partial charge on any atom is -0.347 e. The zero-order chi connectivity index (χ0) is 22.8. The van der Waals surface area contributed by atoms with E-state index in [4.69, 9.17) is 5.14 Å². The van der Waals surface area contributed by atoms with E-state index in [0.717, 1.165) is 22.5 Å². The topological polar surface area (TPSA) is 135 Å². The third kappa shape index (κ3) is 5.70. The second-order valence-electron chi connectivity index (χ2n) is 6.88. The van der Waals surface area contributed by atoms with Gasteiger partial charge < -0.3 is 5.32 Å². The summed E-state index contributed by atoms with van der Waals surface area (Å²) in [6.07, 6.45) is 0. The van der Waals surface area contributed by atoms with Gasteiger partial charge in [0.25, 0.3) is 15.9 Å². The van der Waals surface area contributed by atoms with Gasteiger partial charge in [-0.05, 0) is 73.5 Å². The molecule has 11 heteroatoms. The third-order valence-electron chi connectivity index (χ3n) is 4.53. The first-order chi connectivity index (χ1) is 14.5. The largest absolute Gasteiger partial charge is 0.347 e. The van der Waals surface area contributed by atoms with Gasteiger partial charge in [0.05, 0.1) is 11.4 Å². The predicted octanol–water partition coefficient (Wildman–Crippen LogP) is 2.74. The number of nitrogens with two attached hydrogens (primary N) is 1. The predicted molar refractivity (Wildman–Crippen MR) is 120 cm³/mol. The van der Waals surface area contributed by atoms with Gasteiger partial charge in [-0.25, -0.2) is 22.0 Å². The van der Waals surface area contributed by atoms with E-state index in [0.29, 0.717) is 16.1 Å². The minimum absolute atomic E-state index is 0.0251. The Labute approximate surface area is 185 Å². The van der Waals surface area contributed by atoms with E-state index in [1.165, 1.54) is 30.3 Å². The molecule has 0 radical (unpaired) electrons. The van der Waals surface area contributed by atoms with E-state index in [1.807, 2.05) is 13.8 Å². The van der Waals surface area contributed by atoms with Crippen LogP contribution in [0.25, 0.3) is 0 Å². The minimum atomic E-state index is -3.77. The van der Waals surface area contributed by atoms with Crippen LogP contribution in [0, 0.1) is 13.8 Å². The molecule has 0 spiro atoms. The third-order valence-corrected chi connectivity index (χ3v) is 8.43. The Hall–Kier alpha value is -2.73. The number of hydrogen-bond acceptors (Lipinski definition) is 6. The summed E-state index contributed by atoms with van der Waals surface area (Å²) in [7, 11) is -7.52. The summed E-state index contributed by atoms with van der Waals surface area (Å²) in [6.45, 7) is 3.88. The number of rotatable bonds is 7. The summed E-state index contributed by atoms with van der Waals surface area (Å²) in [5.74, 6) is -0.380. The van der Waals surface area contributed by atoms with Crippen molar-refractivity contribution in [2.45, 2.75) is 29.5 Å². The quantitative estimate of drug-likeness (QED) is 0.479. The van der Waals surface area contributed by atoms with Gasteiger partial charge in [0.15, 0.2) is 0 Å². The lowest BCUT2D eigenvalue weighted by atomic mass is 10.1. The van der Waals surface area contributed by atoms with E-state index < -0.39 is 20.0 Å². The number of thiophene rings is 1. The molecule has 4 N–H and O–H groups in total. The molecule has 0 saturated heterocycles. The lowest BCUT2D eigenvalue weighted by Crippen LogP contribution is -2.22. The lowest BCUT2D eigenvalue weighted by molar-refractivity contribution is 0.0951. The molecular formula is C20H21N3O5S3. The van der Waals surface area contributed by atoms with Gasteiger partial charge in [-0.2, -0.15) is 0 Å². The molecule has 0 aliphatic heterocycles. The molecule has 0 aliphatic carbocycles. The van der Waals surface area contributed by atoms with Crippen LogP contribution < -0.4 is 15.2 Å². The van der Waals surface area contributed by atoms with Crippen molar-refractivity contribution in [3.8, 4) is 0 Å². The van der Waals surface area contributed by atoms with Crippen LogP contribution in [0.15, 0.2) is 63.7 Å². The number of carbonyl (C=O) groups is 1. The fourth-order valence-corrected chi connectivity index (χ4v) is 5.52. The number of sulfonamides is 2. The van der Waals surface area contributed by atoms with Crippen LogP contribution in [0.3, 0.4) is 0 Å². The number of carbonyl (C=O) groups excluding carboxylic acids is 1. The Bertz CT molecular complexity index is 1330. The lowest BCUT2D eigenvalue weighted by Gasteiger charge is -2.10. The number of anilines is 1. The first-order valence-electron chi connectivity index (χ1n) is 9.05. The van der Waals surface area contributed by atoms with Crippen molar-refractivity contribution in [2.24, 2.45) is 5.14 Å². The molecule has 0 fully saturated rings. The van der Waals surface area contributed by atoms with Gasteiger partial charge in [-0.15, -0.1) is 11.3 Å². The molecule has 31 heavy (non-hydrogen) atoms. The fraction of sp³-hybridized carbons (Fsp3) is 0.150. The molecule has 1 heterocycles. The Morgan fingerprint density at radius 2 is 1.61 bits per heavy atom. The van der Waals surface area contributed by atoms with Gasteiger partial charge in [0.1, 0.15) is 4.21 Å². The first-order valence-corrected chi connectivity index (χ1v) is 12.9. The van der Waals surface area contributed by atoms with Gasteiger partial charge in [0.2, 0.25) is 10.0 Å². The van der Waals surface area contributed by atoms with Crippen LogP contribution >= 0.6 is 11.3 Å². The molecule has 8 nitrogen and oxygen atoms in total. The molecule has 3 aromatic rings. The Kier molecular flexibility index (Phi) is 6.51. The monoisotopic (exact) mass is 479 g/mol. The van der Waals surface area contributed by atoms with Gasteiger partial charge in [-0.3, -0.25) is 9.52 Å². The number of primary sulfonamides is 1. The summed E-state index contributed by atoms with van der Waals surface area (Å²) in [5, 5.41) is 7.75. The zero-order valence-electron chi connectivity index (χ0n) is 16.7. The average molecular weight is 480 g/mol. The van der Waals surface area contributed by atoms with Crippen molar-refractivity contribution in [2.75, 3.05) is 4.72 Å². The molecule has 0 bridgehead atoms. The summed E-state index contributed by atoms with van der Waals surface area (Å²) in [4.78, 5) is 13.1. The normalized spacial score (nSPS) is 11.8. The molecule has 0 saturated carbocycles. The van der Waals surface area contributed by atoms with E-state index in [-0.39, 0.29) is 21.6 Å². The van der Waals surface area contributed by atoms with Crippen LogP contribution in [-0.4, -0.2) is 22.7 Å². The van der Waals surface area contributed by atoms with Crippen LogP contribution in [0.1, 0.15) is 26.4 Å². The maximum Gasteiger partial charge on any atom is 0.261 e. The molecule has 164 valence electrons. The molecule has 3 rings (SSSR count). The molecule has 1 aromatic heterocycles.